The molecule has 0 aliphatic heterocycles. The first-order chi connectivity index (χ1) is 13.4. The maximum absolute atomic E-state index is 11.9. The molecule has 1 amide bonds. The van der Waals surface area contributed by atoms with Crippen LogP contribution in [0, 0.1) is 0 Å². The zero-order valence-electron chi connectivity index (χ0n) is 15.7. The monoisotopic (exact) mass is 423 g/mol. The third kappa shape index (κ3) is 6.34. The van der Waals surface area contributed by atoms with Gasteiger partial charge in [0, 0.05) is 10.5 Å². The number of carbonyl (C=O) groups is 1. The van der Waals surface area contributed by atoms with Gasteiger partial charge in [-0.05, 0) is 30.2 Å². The van der Waals surface area contributed by atoms with Gasteiger partial charge in [-0.15, -0.1) is 11.8 Å². The van der Waals surface area contributed by atoms with Crippen LogP contribution in [0.15, 0.2) is 58.3 Å². The maximum atomic E-state index is 11.9. The average Bonchev–Trinajstić information content (AvgIpc) is 2.69. The zero-order chi connectivity index (χ0) is 20.6. The number of amides is 1. The molecular formula is C20H25NO5S2. The Balaban J connectivity index is 2.16. The molecule has 0 spiro atoms. The number of hydrogen-bond donors (Lipinski definition) is 3. The highest BCUT2D eigenvalue weighted by molar-refractivity contribution is 8.00. The van der Waals surface area contributed by atoms with Crippen LogP contribution in [0.25, 0.3) is 11.1 Å². The normalized spacial score (nSPS) is 12.5. The van der Waals surface area contributed by atoms with Crippen LogP contribution in [0.1, 0.15) is 39.0 Å². The first kappa shape index (κ1) is 22.4. The number of nitrogens with one attached hydrogen (secondary N) is 1. The van der Waals surface area contributed by atoms with Gasteiger partial charge in [-0.1, -0.05) is 62.9 Å². The van der Waals surface area contributed by atoms with Crippen molar-refractivity contribution in [3.8, 4) is 11.1 Å². The molecule has 0 radical (unpaired) electrons. The van der Waals surface area contributed by atoms with Gasteiger partial charge in [-0.25, -0.2) is 5.48 Å². The van der Waals surface area contributed by atoms with Gasteiger partial charge in [-0.2, -0.15) is 8.42 Å². The van der Waals surface area contributed by atoms with Crippen molar-refractivity contribution in [1.29, 1.82) is 0 Å². The van der Waals surface area contributed by atoms with E-state index >= 15 is 0 Å². The third-order valence-electron chi connectivity index (χ3n) is 4.33. The highest BCUT2D eigenvalue weighted by atomic mass is 32.2. The molecule has 2 aromatic carbocycles. The molecule has 2 rings (SSSR count). The molecule has 152 valence electrons. The second-order valence-corrected chi connectivity index (χ2v) is 9.09. The van der Waals surface area contributed by atoms with E-state index < -0.39 is 21.3 Å². The minimum Gasteiger partial charge on any atom is -0.289 e. The molecule has 0 aliphatic carbocycles. The fourth-order valence-electron chi connectivity index (χ4n) is 2.88. The zero-order valence-corrected chi connectivity index (χ0v) is 17.3. The highest BCUT2D eigenvalue weighted by Gasteiger charge is 2.20. The second kappa shape index (κ2) is 10.6. The van der Waals surface area contributed by atoms with Crippen molar-refractivity contribution in [1.82, 2.24) is 5.48 Å². The van der Waals surface area contributed by atoms with Crippen molar-refractivity contribution in [3.05, 3.63) is 48.5 Å². The number of hydroxylamine groups is 1. The summed E-state index contributed by atoms with van der Waals surface area (Å²) >= 11 is 1.35. The van der Waals surface area contributed by atoms with E-state index in [0.717, 1.165) is 30.6 Å². The van der Waals surface area contributed by atoms with Gasteiger partial charge in [0.05, 0.1) is 5.25 Å². The van der Waals surface area contributed by atoms with Crippen LogP contribution in [-0.2, 0) is 14.9 Å². The van der Waals surface area contributed by atoms with Crippen LogP contribution >= 0.6 is 11.8 Å². The van der Waals surface area contributed by atoms with E-state index in [0.29, 0.717) is 17.5 Å². The van der Waals surface area contributed by atoms with E-state index in [-0.39, 0.29) is 4.90 Å². The molecule has 6 nitrogen and oxygen atoms in total. The second-order valence-electron chi connectivity index (χ2n) is 6.43. The summed E-state index contributed by atoms with van der Waals surface area (Å²) in [6.07, 6.45) is 4.82. The average molecular weight is 424 g/mol. The van der Waals surface area contributed by atoms with Crippen molar-refractivity contribution < 1.29 is 23.0 Å². The van der Waals surface area contributed by atoms with E-state index in [2.05, 4.69) is 6.92 Å². The van der Waals surface area contributed by atoms with Crippen molar-refractivity contribution in [3.63, 3.8) is 0 Å². The van der Waals surface area contributed by atoms with Crippen molar-refractivity contribution in [2.75, 3.05) is 0 Å². The van der Waals surface area contributed by atoms with Gasteiger partial charge >= 0.3 is 0 Å². The molecule has 0 saturated carbocycles. The van der Waals surface area contributed by atoms with E-state index in [9.17, 15) is 17.8 Å². The van der Waals surface area contributed by atoms with Crippen LogP contribution in [0.3, 0.4) is 0 Å². The summed E-state index contributed by atoms with van der Waals surface area (Å²) < 4.78 is 32.6. The van der Waals surface area contributed by atoms with Gasteiger partial charge in [0.15, 0.2) is 0 Å². The van der Waals surface area contributed by atoms with Crippen molar-refractivity contribution in [2.24, 2.45) is 0 Å². The van der Waals surface area contributed by atoms with Gasteiger partial charge in [0.1, 0.15) is 4.90 Å². The lowest BCUT2D eigenvalue weighted by molar-refractivity contribution is -0.128. The van der Waals surface area contributed by atoms with E-state index in [4.69, 9.17) is 5.21 Å². The molecule has 3 N–H and O–H groups in total. The molecule has 8 heteroatoms. The number of thioether (sulfide) groups is 1. The van der Waals surface area contributed by atoms with E-state index in [1.54, 1.807) is 47.9 Å². The summed E-state index contributed by atoms with van der Waals surface area (Å²) in [5, 5.41) is 8.59. The molecule has 1 atom stereocenters. The third-order valence-corrected chi connectivity index (χ3v) is 6.52. The predicted molar refractivity (Wildman–Crippen MR) is 110 cm³/mol. The number of carbonyl (C=O) groups excluding carboxylic acids is 1. The van der Waals surface area contributed by atoms with Gasteiger partial charge in [0.25, 0.3) is 16.0 Å². The van der Waals surface area contributed by atoms with Gasteiger partial charge in [-0.3, -0.25) is 14.6 Å². The number of hydrogen-bond acceptors (Lipinski definition) is 5. The fraction of sp³-hybridized carbons (Fsp3) is 0.350. The summed E-state index contributed by atoms with van der Waals surface area (Å²) in [7, 11) is -4.33. The smallest absolute Gasteiger partial charge is 0.289 e. The fourth-order valence-corrected chi connectivity index (χ4v) is 4.66. The molecular weight excluding hydrogens is 398 g/mol. The predicted octanol–water partition coefficient (Wildman–Crippen LogP) is 4.54. The van der Waals surface area contributed by atoms with Gasteiger partial charge < -0.3 is 0 Å². The molecule has 1 unspecified atom stereocenters. The Morgan fingerprint density at radius 3 is 2.36 bits per heavy atom. The van der Waals surface area contributed by atoms with Crippen LogP contribution in [-0.4, -0.2) is 29.3 Å². The summed E-state index contributed by atoms with van der Waals surface area (Å²) in [5.41, 5.74) is 2.78. The van der Waals surface area contributed by atoms with E-state index in [1.807, 2.05) is 0 Å². The van der Waals surface area contributed by atoms with Crippen molar-refractivity contribution in [2.45, 2.75) is 54.1 Å². The summed E-state index contributed by atoms with van der Waals surface area (Å²) in [4.78, 5) is 12.6. The van der Waals surface area contributed by atoms with Crippen LogP contribution in [0.4, 0.5) is 0 Å². The first-order valence-corrected chi connectivity index (χ1v) is 11.5. The van der Waals surface area contributed by atoms with Gasteiger partial charge in [0.2, 0.25) is 0 Å². The Bertz CT molecular complexity index is 882. The first-order valence-electron chi connectivity index (χ1n) is 9.14. The maximum Gasteiger partial charge on any atom is 0.295 e. The van der Waals surface area contributed by atoms with Crippen LogP contribution < -0.4 is 5.48 Å². The minimum absolute atomic E-state index is 0.149. The Labute approximate surface area is 170 Å². The molecule has 28 heavy (non-hydrogen) atoms. The largest absolute Gasteiger partial charge is 0.295 e. The lowest BCUT2D eigenvalue weighted by atomic mass is 10.1. The lowest BCUT2D eigenvalue weighted by Gasteiger charge is -2.15. The molecule has 0 aromatic heterocycles. The van der Waals surface area contributed by atoms with Crippen molar-refractivity contribution >= 4 is 27.8 Å². The quantitative estimate of drug-likeness (QED) is 0.170. The SMILES string of the molecule is CCCCCCC(Sc1ccc(-c2ccccc2S(=O)(=O)O)cc1)C(=O)NO. The number of benzene rings is 2. The summed E-state index contributed by atoms with van der Waals surface area (Å²) in [6.45, 7) is 2.12. The summed E-state index contributed by atoms with van der Waals surface area (Å²) in [6, 6.07) is 13.3. The standard InChI is InChI=1S/C20H25NO5S2/c1-2-3-4-5-9-18(20(22)21-23)27-16-13-11-15(12-14-16)17-8-6-7-10-19(17)28(24,25)26/h6-8,10-14,18,23H,2-5,9H2,1H3,(H,21,22)(H,24,25,26). The highest BCUT2D eigenvalue weighted by Crippen LogP contribution is 2.32. The molecule has 0 bridgehead atoms. The molecule has 0 aliphatic rings. The topological polar surface area (TPSA) is 104 Å². The van der Waals surface area contributed by atoms with E-state index in [1.165, 1.54) is 17.8 Å². The molecule has 0 fully saturated rings. The van der Waals surface area contributed by atoms with Crippen LogP contribution in [0.2, 0.25) is 0 Å². The summed E-state index contributed by atoms with van der Waals surface area (Å²) in [5.74, 6) is -0.428. The Morgan fingerprint density at radius 1 is 1.07 bits per heavy atom. The molecule has 2 aromatic rings. The lowest BCUT2D eigenvalue weighted by Crippen LogP contribution is -2.30. The number of unbranched alkanes of at least 4 members (excludes halogenated alkanes) is 3. The Hall–Kier alpha value is -1.87. The van der Waals surface area contributed by atoms with Crippen LogP contribution in [0.5, 0.6) is 0 Å². The molecule has 0 saturated heterocycles. The Kier molecular flexibility index (Phi) is 8.50. The number of rotatable bonds is 10. The minimum atomic E-state index is -4.33. The molecule has 0 heterocycles. The Morgan fingerprint density at radius 2 is 1.75 bits per heavy atom.